The van der Waals surface area contributed by atoms with E-state index in [0.29, 0.717) is 0 Å². The van der Waals surface area contributed by atoms with Crippen LogP contribution in [0, 0.1) is 0 Å². The van der Waals surface area contributed by atoms with E-state index in [-0.39, 0.29) is 10.9 Å². The van der Waals surface area contributed by atoms with Crippen LogP contribution in [0.4, 0.5) is 0 Å². The molecule has 0 amide bonds. The number of nitrogens with zero attached hydrogens (tertiary/aromatic N) is 1. The van der Waals surface area contributed by atoms with Crippen molar-refractivity contribution in [2.45, 2.75) is 24.8 Å². The monoisotopic (exact) mass is 284 g/mol. The molecule has 2 rings (SSSR count). The van der Waals surface area contributed by atoms with Crippen molar-refractivity contribution in [2.75, 3.05) is 0 Å². The fraction of sp³-hybridized carbons (Fsp3) is 0.273. The van der Waals surface area contributed by atoms with E-state index in [1.54, 1.807) is 13.8 Å². The van der Waals surface area contributed by atoms with Crippen molar-refractivity contribution in [3.05, 3.63) is 39.0 Å². The largest absolute Gasteiger partial charge is 0.329 e. The molecule has 7 nitrogen and oxygen atoms in total. The van der Waals surface area contributed by atoms with E-state index in [9.17, 15) is 18.0 Å². The molecule has 0 unspecified atom stereocenters. The lowest BCUT2D eigenvalue weighted by molar-refractivity contribution is 0.483. The predicted octanol–water partition coefficient (Wildman–Crippen LogP) is 0.517. The molecule has 0 aliphatic heterocycles. The van der Waals surface area contributed by atoms with Crippen molar-refractivity contribution in [2.24, 2.45) is 0 Å². The third-order valence-electron chi connectivity index (χ3n) is 2.71. The molecule has 0 saturated carbocycles. The van der Waals surface area contributed by atoms with Crippen LogP contribution >= 0.6 is 0 Å². The summed E-state index contributed by atoms with van der Waals surface area (Å²) < 4.78 is 32.6. The van der Waals surface area contributed by atoms with E-state index in [1.807, 2.05) is 0 Å². The van der Waals surface area contributed by atoms with Gasteiger partial charge in [-0.05, 0) is 26.0 Å². The molecular weight excluding hydrogens is 272 g/mol. The second-order valence-corrected chi connectivity index (χ2v) is 5.74. The van der Waals surface area contributed by atoms with Crippen LogP contribution in [-0.4, -0.2) is 22.5 Å². The first-order chi connectivity index (χ1) is 8.73. The van der Waals surface area contributed by atoms with Crippen LogP contribution in [0.5, 0.6) is 0 Å². The zero-order valence-electron chi connectivity index (χ0n) is 10.2. The molecule has 2 aromatic rings. The van der Waals surface area contributed by atoms with Gasteiger partial charge >= 0.3 is 5.69 Å². The minimum atomic E-state index is -4.54. The van der Waals surface area contributed by atoms with Crippen LogP contribution in [0.25, 0.3) is 10.9 Å². The molecule has 102 valence electrons. The molecule has 1 aromatic carbocycles. The van der Waals surface area contributed by atoms with Gasteiger partial charge in [0.2, 0.25) is 0 Å². The van der Waals surface area contributed by atoms with Crippen LogP contribution in [0.15, 0.2) is 32.7 Å². The molecule has 1 heterocycles. The summed E-state index contributed by atoms with van der Waals surface area (Å²) in [7, 11) is -4.54. The molecular formula is C11H12N2O5S. The van der Waals surface area contributed by atoms with Gasteiger partial charge in [0.25, 0.3) is 15.7 Å². The lowest BCUT2D eigenvalue weighted by Gasteiger charge is -2.10. The highest BCUT2D eigenvalue weighted by Gasteiger charge is 2.19. The molecule has 8 heteroatoms. The SMILES string of the molecule is CC(C)n1c(=O)[nH]c2cccc(S(=O)(=O)O)c2c1=O. The van der Waals surface area contributed by atoms with Crippen molar-refractivity contribution in [3.63, 3.8) is 0 Å². The molecule has 0 radical (unpaired) electrons. The summed E-state index contributed by atoms with van der Waals surface area (Å²) >= 11 is 0. The molecule has 0 fully saturated rings. The van der Waals surface area contributed by atoms with Gasteiger partial charge in [-0.3, -0.25) is 13.9 Å². The Labute approximate surface area is 108 Å². The predicted molar refractivity (Wildman–Crippen MR) is 69.0 cm³/mol. The van der Waals surface area contributed by atoms with Gasteiger partial charge in [-0.2, -0.15) is 8.42 Å². The number of aromatic amines is 1. The third kappa shape index (κ3) is 2.20. The number of nitrogens with one attached hydrogen (secondary N) is 1. The highest BCUT2D eigenvalue weighted by molar-refractivity contribution is 7.86. The minimum Gasteiger partial charge on any atom is -0.307 e. The second-order valence-electron chi connectivity index (χ2n) is 4.35. The highest BCUT2D eigenvalue weighted by atomic mass is 32.2. The summed E-state index contributed by atoms with van der Waals surface area (Å²) in [4.78, 5) is 25.9. The Morgan fingerprint density at radius 2 is 1.89 bits per heavy atom. The van der Waals surface area contributed by atoms with Gasteiger partial charge in [0.1, 0.15) is 4.90 Å². The molecule has 0 bridgehead atoms. The van der Waals surface area contributed by atoms with Crippen molar-refractivity contribution < 1.29 is 13.0 Å². The Kier molecular flexibility index (Phi) is 3.07. The fourth-order valence-electron chi connectivity index (χ4n) is 1.93. The Hall–Kier alpha value is -1.93. The van der Waals surface area contributed by atoms with Crippen molar-refractivity contribution in [3.8, 4) is 0 Å². The highest BCUT2D eigenvalue weighted by Crippen LogP contribution is 2.17. The molecule has 0 atom stereocenters. The van der Waals surface area contributed by atoms with E-state index in [4.69, 9.17) is 4.55 Å². The number of rotatable bonds is 2. The van der Waals surface area contributed by atoms with Gasteiger partial charge in [-0.15, -0.1) is 0 Å². The van der Waals surface area contributed by atoms with E-state index in [1.165, 1.54) is 12.1 Å². The maximum Gasteiger partial charge on any atom is 0.329 e. The first-order valence-electron chi connectivity index (χ1n) is 5.48. The Bertz CT molecular complexity index is 861. The molecule has 2 N–H and O–H groups in total. The molecule has 19 heavy (non-hydrogen) atoms. The summed E-state index contributed by atoms with van der Waals surface area (Å²) in [6, 6.07) is 3.41. The van der Waals surface area contributed by atoms with Gasteiger partial charge in [-0.1, -0.05) is 6.07 Å². The zero-order valence-corrected chi connectivity index (χ0v) is 11.1. The third-order valence-corrected chi connectivity index (χ3v) is 3.61. The van der Waals surface area contributed by atoms with Crippen LogP contribution in [0.3, 0.4) is 0 Å². The van der Waals surface area contributed by atoms with Crippen molar-refractivity contribution in [1.82, 2.24) is 9.55 Å². The molecule has 1 aromatic heterocycles. The van der Waals surface area contributed by atoms with Gasteiger partial charge in [0.15, 0.2) is 0 Å². The average molecular weight is 284 g/mol. The van der Waals surface area contributed by atoms with Gasteiger partial charge in [0, 0.05) is 6.04 Å². The summed E-state index contributed by atoms with van der Waals surface area (Å²) in [6.07, 6.45) is 0. The van der Waals surface area contributed by atoms with E-state index < -0.39 is 32.3 Å². The topological polar surface area (TPSA) is 109 Å². The number of benzene rings is 1. The number of H-pyrrole nitrogens is 1. The normalized spacial score (nSPS) is 12.2. The smallest absolute Gasteiger partial charge is 0.307 e. The number of fused-ring (bicyclic) bond motifs is 1. The second kappa shape index (κ2) is 4.32. The lowest BCUT2D eigenvalue weighted by Crippen LogP contribution is -2.36. The molecule has 0 aliphatic carbocycles. The van der Waals surface area contributed by atoms with Gasteiger partial charge < -0.3 is 4.98 Å². The number of aromatic nitrogens is 2. The Morgan fingerprint density at radius 1 is 1.26 bits per heavy atom. The van der Waals surface area contributed by atoms with Crippen LogP contribution in [0.1, 0.15) is 19.9 Å². The molecule has 0 spiro atoms. The lowest BCUT2D eigenvalue weighted by atomic mass is 10.2. The first kappa shape index (κ1) is 13.5. The number of hydrogen-bond donors (Lipinski definition) is 2. The van der Waals surface area contributed by atoms with Crippen LogP contribution in [0.2, 0.25) is 0 Å². The summed E-state index contributed by atoms with van der Waals surface area (Å²) in [5.41, 5.74) is -1.30. The zero-order chi connectivity index (χ0) is 14.4. The van der Waals surface area contributed by atoms with Gasteiger partial charge in [0.05, 0.1) is 10.9 Å². The van der Waals surface area contributed by atoms with Crippen molar-refractivity contribution in [1.29, 1.82) is 0 Å². The first-order valence-corrected chi connectivity index (χ1v) is 6.92. The summed E-state index contributed by atoms with van der Waals surface area (Å²) in [5.74, 6) is 0. The Balaban J connectivity index is 3.11. The quantitative estimate of drug-likeness (QED) is 0.781. The van der Waals surface area contributed by atoms with E-state index in [0.717, 1.165) is 10.6 Å². The summed E-state index contributed by atoms with van der Waals surface area (Å²) in [6.45, 7) is 3.25. The van der Waals surface area contributed by atoms with Gasteiger partial charge in [-0.25, -0.2) is 4.79 Å². The van der Waals surface area contributed by atoms with Crippen LogP contribution < -0.4 is 11.2 Å². The standard InChI is InChI=1S/C11H12N2O5S/c1-6(2)13-10(14)9-7(12-11(13)15)4-3-5-8(9)19(16,17)18/h3-6H,1-2H3,(H,12,15)(H,16,17,18). The molecule has 0 aliphatic rings. The minimum absolute atomic E-state index is 0.0713. The maximum atomic E-state index is 12.2. The maximum absolute atomic E-state index is 12.2. The average Bonchev–Trinajstić information content (AvgIpc) is 2.26. The van der Waals surface area contributed by atoms with E-state index >= 15 is 0 Å². The Morgan fingerprint density at radius 3 is 2.42 bits per heavy atom. The fourth-order valence-corrected chi connectivity index (χ4v) is 2.63. The van der Waals surface area contributed by atoms with E-state index in [2.05, 4.69) is 4.98 Å². The van der Waals surface area contributed by atoms with Crippen LogP contribution in [-0.2, 0) is 10.1 Å². The number of hydrogen-bond acceptors (Lipinski definition) is 4. The molecule has 0 saturated heterocycles. The van der Waals surface area contributed by atoms with Crippen molar-refractivity contribution >= 4 is 21.0 Å². The summed E-state index contributed by atoms with van der Waals surface area (Å²) in [5, 5.41) is -0.224.